The molecular formula is C21H19Cl2N3O3. The number of para-hydroxylation sites is 1. The van der Waals surface area contributed by atoms with Crippen molar-refractivity contribution in [3.63, 3.8) is 0 Å². The summed E-state index contributed by atoms with van der Waals surface area (Å²) in [4.78, 5) is 42.1. The SMILES string of the molecule is C[C@@H](NC(=O)[C@@]12CCC(=O)N1c1ccccc1C(=O)N2C)c1ccc(Cl)c(Cl)c1. The predicted octanol–water partition coefficient (Wildman–Crippen LogP) is 3.78. The van der Waals surface area contributed by atoms with E-state index in [1.165, 1.54) is 9.80 Å². The minimum Gasteiger partial charge on any atom is -0.346 e. The van der Waals surface area contributed by atoms with E-state index in [4.69, 9.17) is 23.2 Å². The number of amides is 3. The molecule has 0 aromatic heterocycles. The molecule has 1 N–H and O–H groups in total. The van der Waals surface area contributed by atoms with Crippen LogP contribution in [0.4, 0.5) is 5.69 Å². The smallest absolute Gasteiger partial charge is 0.267 e. The Bertz CT molecular complexity index is 1040. The van der Waals surface area contributed by atoms with E-state index in [-0.39, 0.29) is 24.7 Å². The van der Waals surface area contributed by atoms with Gasteiger partial charge in [-0.15, -0.1) is 0 Å². The largest absolute Gasteiger partial charge is 0.346 e. The maximum atomic E-state index is 13.5. The number of anilines is 1. The predicted molar refractivity (Wildman–Crippen MR) is 111 cm³/mol. The molecule has 2 heterocycles. The van der Waals surface area contributed by atoms with Gasteiger partial charge in [-0.25, -0.2) is 0 Å². The van der Waals surface area contributed by atoms with E-state index in [2.05, 4.69) is 5.32 Å². The number of fused-ring (bicyclic) bond motifs is 3. The molecule has 0 bridgehead atoms. The van der Waals surface area contributed by atoms with Gasteiger partial charge in [0.05, 0.1) is 27.3 Å². The van der Waals surface area contributed by atoms with Crippen LogP contribution in [-0.4, -0.2) is 35.3 Å². The normalized spacial score (nSPS) is 21.7. The molecule has 0 radical (unpaired) electrons. The van der Waals surface area contributed by atoms with Crippen LogP contribution < -0.4 is 10.2 Å². The number of nitrogens with one attached hydrogen (secondary N) is 1. The lowest BCUT2D eigenvalue weighted by Crippen LogP contribution is -2.69. The van der Waals surface area contributed by atoms with Crippen LogP contribution in [0.1, 0.15) is 41.7 Å². The summed E-state index contributed by atoms with van der Waals surface area (Å²) >= 11 is 12.1. The Morgan fingerprint density at radius 1 is 1.14 bits per heavy atom. The lowest BCUT2D eigenvalue weighted by molar-refractivity contribution is -0.133. The number of hydrogen-bond donors (Lipinski definition) is 1. The molecule has 1 saturated heterocycles. The average molecular weight is 432 g/mol. The van der Waals surface area contributed by atoms with E-state index in [1.54, 1.807) is 49.5 Å². The molecule has 2 aliphatic rings. The monoisotopic (exact) mass is 431 g/mol. The highest BCUT2D eigenvalue weighted by atomic mass is 35.5. The van der Waals surface area contributed by atoms with Gasteiger partial charge in [0.2, 0.25) is 11.6 Å². The molecule has 2 aromatic rings. The summed E-state index contributed by atoms with van der Waals surface area (Å²) in [7, 11) is 1.56. The third kappa shape index (κ3) is 2.90. The first-order chi connectivity index (χ1) is 13.8. The zero-order chi connectivity index (χ0) is 20.9. The van der Waals surface area contributed by atoms with Crippen molar-refractivity contribution in [3.8, 4) is 0 Å². The van der Waals surface area contributed by atoms with Crippen LogP contribution in [0, 0.1) is 0 Å². The van der Waals surface area contributed by atoms with Crippen LogP contribution in [0.3, 0.4) is 0 Å². The molecule has 2 aliphatic heterocycles. The van der Waals surface area contributed by atoms with E-state index in [9.17, 15) is 14.4 Å². The van der Waals surface area contributed by atoms with Gasteiger partial charge < -0.3 is 10.2 Å². The molecule has 0 aliphatic carbocycles. The number of halogens is 2. The maximum Gasteiger partial charge on any atom is 0.267 e. The number of carbonyl (C=O) groups excluding carboxylic acids is 3. The highest BCUT2D eigenvalue weighted by Gasteiger charge is 2.59. The fourth-order valence-electron chi connectivity index (χ4n) is 4.11. The Labute approximate surface area is 178 Å². The molecule has 0 unspecified atom stereocenters. The molecule has 1 fully saturated rings. The van der Waals surface area contributed by atoms with Crippen LogP contribution in [0.5, 0.6) is 0 Å². The summed E-state index contributed by atoms with van der Waals surface area (Å²) in [6, 6.07) is 11.6. The molecule has 2 aromatic carbocycles. The molecule has 150 valence electrons. The lowest BCUT2D eigenvalue weighted by Gasteiger charge is -2.47. The third-order valence-corrected chi connectivity index (χ3v) is 6.44. The number of rotatable bonds is 3. The van der Waals surface area contributed by atoms with Crippen LogP contribution in [0.15, 0.2) is 42.5 Å². The number of carbonyl (C=O) groups is 3. The third-order valence-electron chi connectivity index (χ3n) is 5.70. The standard InChI is InChI=1S/C21H19Cl2N3O3/c1-12(13-7-8-15(22)16(23)11-13)24-20(29)21-10-9-18(27)26(21)17-6-4-3-5-14(17)19(28)25(21)2/h3-8,11-12H,9-10H2,1-2H3,(H,24,29)/t12-,21-/m1/s1. The van der Waals surface area contributed by atoms with Crippen LogP contribution in [-0.2, 0) is 9.59 Å². The van der Waals surface area contributed by atoms with E-state index >= 15 is 0 Å². The molecule has 29 heavy (non-hydrogen) atoms. The van der Waals surface area contributed by atoms with Gasteiger partial charge in [-0.1, -0.05) is 41.4 Å². The quantitative estimate of drug-likeness (QED) is 0.803. The summed E-state index contributed by atoms with van der Waals surface area (Å²) in [5, 5.41) is 3.76. The fourth-order valence-corrected chi connectivity index (χ4v) is 4.41. The zero-order valence-electron chi connectivity index (χ0n) is 15.9. The molecule has 2 atom stereocenters. The van der Waals surface area contributed by atoms with Gasteiger partial charge >= 0.3 is 0 Å². The Balaban J connectivity index is 1.72. The molecule has 4 rings (SSSR count). The Morgan fingerprint density at radius 3 is 2.59 bits per heavy atom. The summed E-state index contributed by atoms with van der Waals surface area (Å²) in [6.07, 6.45) is 0.406. The van der Waals surface area contributed by atoms with Crippen molar-refractivity contribution >= 4 is 46.6 Å². The minimum absolute atomic E-state index is 0.181. The van der Waals surface area contributed by atoms with Gasteiger partial charge in [0.1, 0.15) is 0 Å². The van der Waals surface area contributed by atoms with Crippen molar-refractivity contribution < 1.29 is 14.4 Å². The maximum absolute atomic E-state index is 13.5. The molecule has 0 spiro atoms. The van der Waals surface area contributed by atoms with E-state index in [0.717, 1.165) is 5.56 Å². The second-order valence-corrected chi connectivity index (χ2v) is 8.11. The van der Waals surface area contributed by atoms with Crippen LogP contribution in [0.2, 0.25) is 10.0 Å². The van der Waals surface area contributed by atoms with E-state index in [1.807, 2.05) is 6.92 Å². The van der Waals surface area contributed by atoms with E-state index in [0.29, 0.717) is 21.3 Å². The van der Waals surface area contributed by atoms with Crippen LogP contribution >= 0.6 is 23.2 Å². The number of benzene rings is 2. The van der Waals surface area contributed by atoms with Gasteiger partial charge in [-0.3, -0.25) is 19.3 Å². The zero-order valence-corrected chi connectivity index (χ0v) is 17.4. The number of nitrogens with zero attached hydrogens (tertiary/aromatic N) is 2. The highest BCUT2D eigenvalue weighted by molar-refractivity contribution is 6.42. The Kier molecular flexibility index (Phi) is 4.79. The van der Waals surface area contributed by atoms with Crippen molar-refractivity contribution in [3.05, 3.63) is 63.6 Å². The van der Waals surface area contributed by atoms with Crippen LogP contribution in [0.25, 0.3) is 0 Å². The number of likely N-dealkylation sites (N-methyl/N-ethyl adjacent to an activating group) is 1. The van der Waals surface area contributed by atoms with Gasteiger partial charge in [0, 0.05) is 19.9 Å². The average Bonchev–Trinajstić information content (AvgIpc) is 3.06. The van der Waals surface area contributed by atoms with Crippen molar-refractivity contribution in [2.45, 2.75) is 31.5 Å². The summed E-state index contributed by atoms with van der Waals surface area (Å²) < 4.78 is 0. The first-order valence-electron chi connectivity index (χ1n) is 9.23. The minimum atomic E-state index is -1.40. The summed E-state index contributed by atoms with van der Waals surface area (Å²) in [5.41, 5.74) is 0.249. The lowest BCUT2D eigenvalue weighted by atomic mass is 9.95. The first-order valence-corrected chi connectivity index (χ1v) is 9.99. The molecule has 3 amide bonds. The highest BCUT2D eigenvalue weighted by Crippen LogP contribution is 2.44. The summed E-state index contributed by atoms with van der Waals surface area (Å²) in [6.45, 7) is 1.81. The second kappa shape index (κ2) is 7.04. The van der Waals surface area contributed by atoms with Crippen molar-refractivity contribution in [1.82, 2.24) is 10.2 Å². The topological polar surface area (TPSA) is 69.7 Å². The second-order valence-electron chi connectivity index (χ2n) is 7.30. The van der Waals surface area contributed by atoms with Gasteiger partial charge in [0.25, 0.3) is 11.8 Å². The number of hydrogen-bond acceptors (Lipinski definition) is 3. The Hall–Kier alpha value is -2.57. The van der Waals surface area contributed by atoms with Gasteiger partial charge in [-0.05, 0) is 36.8 Å². The summed E-state index contributed by atoms with van der Waals surface area (Å²) in [5.74, 6) is -0.884. The van der Waals surface area contributed by atoms with Gasteiger partial charge in [0.15, 0.2) is 0 Å². The first kappa shape index (κ1) is 19.7. The molecule has 8 heteroatoms. The molecule has 0 saturated carbocycles. The molecular weight excluding hydrogens is 413 g/mol. The van der Waals surface area contributed by atoms with Gasteiger partial charge in [-0.2, -0.15) is 0 Å². The molecule has 6 nitrogen and oxygen atoms in total. The van der Waals surface area contributed by atoms with Crippen molar-refractivity contribution in [1.29, 1.82) is 0 Å². The Morgan fingerprint density at radius 2 is 1.86 bits per heavy atom. The van der Waals surface area contributed by atoms with E-state index < -0.39 is 17.6 Å². The van der Waals surface area contributed by atoms with Crippen molar-refractivity contribution in [2.24, 2.45) is 0 Å². The van der Waals surface area contributed by atoms with Crippen molar-refractivity contribution in [2.75, 3.05) is 11.9 Å². The fraction of sp³-hybridized carbons (Fsp3) is 0.286.